The van der Waals surface area contributed by atoms with E-state index in [0.717, 1.165) is 24.0 Å². The zero-order chi connectivity index (χ0) is 13.7. The lowest BCUT2D eigenvalue weighted by atomic mass is 10.1. The first-order valence-corrected chi connectivity index (χ1v) is 6.92. The molecule has 0 aromatic carbocycles. The third-order valence-corrected chi connectivity index (χ3v) is 3.25. The van der Waals surface area contributed by atoms with Crippen molar-refractivity contribution in [1.82, 2.24) is 14.9 Å². The van der Waals surface area contributed by atoms with Gasteiger partial charge in [-0.25, -0.2) is 4.98 Å². The second kappa shape index (κ2) is 6.57. The molecule has 2 aromatic rings. The van der Waals surface area contributed by atoms with Crippen molar-refractivity contribution in [1.29, 1.82) is 0 Å². The van der Waals surface area contributed by atoms with E-state index < -0.39 is 0 Å². The highest BCUT2D eigenvalue weighted by atomic mass is 16.3. The molecule has 0 aliphatic carbocycles. The van der Waals surface area contributed by atoms with Crippen molar-refractivity contribution >= 4 is 0 Å². The first-order chi connectivity index (χ1) is 9.18. The first kappa shape index (κ1) is 13.9. The Hall–Kier alpha value is -1.55. The third-order valence-electron chi connectivity index (χ3n) is 3.25. The highest BCUT2D eigenvalue weighted by molar-refractivity contribution is 5.15. The zero-order valence-corrected chi connectivity index (χ0v) is 12.0. The molecule has 2 heterocycles. The van der Waals surface area contributed by atoms with E-state index in [1.54, 1.807) is 6.26 Å². The van der Waals surface area contributed by atoms with E-state index in [4.69, 9.17) is 4.42 Å². The van der Waals surface area contributed by atoms with E-state index in [0.29, 0.717) is 0 Å². The van der Waals surface area contributed by atoms with E-state index in [9.17, 15) is 0 Å². The Kier molecular flexibility index (Phi) is 4.80. The SMILES string of the molecule is CC(C)CCCNC(c1ccco1)c1nccn1C. The van der Waals surface area contributed by atoms with Gasteiger partial charge in [0.25, 0.3) is 0 Å². The van der Waals surface area contributed by atoms with Gasteiger partial charge in [-0.2, -0.15) is 0 Å². The summed E-state index contributed by atoms with van der Waals surface area (Å²) >= 11 is 0. The number of hydrogen-bond donors (Lipinski definition) is 1. The van der Waals surface area contributed by atoms with Gasteiger partial charge in [-0.1, -0.05) is 13.8 Å². The number of hydrogen-bond acceptors (Lipinski definition) is 3. The van der Waals surface area contributed by atoms with Crippen molar-refractivity contribution in [2.24, 2.45) is 13.0 Å². The molecule has 0 fully saturated rings. The third kappa shape index (κ3) is 3.70. The molecular formula is C15H23N3O. The molecule has 4 nitrogen and oxygen atoms in total. The maximum absolute atomic E-state index is 5.54. The van der Waals surface area contributed by atoms with Gasteiger partial charge in [0, 0.05) is 19.4 Å². The summed E-state index contributed by atoms with van der Waals surface area (Å²) in [5, 5.41) is 3.54. The first-order valence-electron chi connectivity index (χ1n) is 6.92. The second-order valence-corrected chi connectivity index (χ2v) is 5.33. The quantitative estimate of drug-likeness (QED) is 0.779. The maximum Gasteiger partial charge on any atom is 0.133 e. The van der Waals surface area contributed by atoms with Crippen molar-refractivity contribution in [3.05, 3.63) is 42.4 Å². The molecule has 2 rings (SSSR count). The van der Waals surface area contributed by atoms with Crippen molar-refractivity contribution in [2.45, 2.75) is 32.7 Å². The summed E-state index contributed by atoms with van der Waals surface area (Å²) in [7, 11) is 2.01. The fourth-order valence-electron chi connectivity index (χ4n) is 2.19. The minimum absolute atomic E-state index is 0.0298. The monoisotopic (exact) mass is 261 g/mol. The zero-order valence-electron chi connectivity index (χ0n) is 12.0. The minimum Gasteiger partial charge on any atom is -0.467 e. The van der Waals surface area contributed by atoms with Crippen LogP contribution in [0.3, 0.4) is 0 Å². The summed E-state index contributed by atoms with van der Waals surface area (Å²) in [6, 6.07) is 3.94. The van der Waals surface area contributed by atoms with Crippen LogP contribution in [-0.4, -0.2) is 16.1 Å². The highest BCUT2D eigenvalue weighted by Crippen LogP contribution is 2.20. The average molecular weight is 261 g/mol. The average Bonchev–Trinajstić information content (AvgIpc) is 3.01. The molecule has 19 heavy (non-hydrogen) atoms. The number of aromatic nitrogens is 2. The fourth-order valence-corrected chi connectivity index (χ4v) is 2.19. The molecule has 0 saturated heterocycles. The van der Waals surface area contributed by atoms with Gasteiger partial charge in [0.05, 0.1) is 6.26 Å². The lowest BCUT2D eigenvalue weighted by Crippen LogP contribution is -2.26. The van der Waals surface area contributed by atoms with Crippen LogP contribution in [0.25, 0.3) is 0 Å². The maximum atomic E-state index is 5.54. The Morgan fingerprint density at radius 1 is 1.42 bits per heavy atom. The summed E-state index contributed by atoms with van der Waals surface area (Å²) < 4.78 is 7.57. The highest BCUT2D eigenvalue weighted by Gasteiger charge is 2.19. The Labute approximate surface area is 114 Å². The largest absolute Gasteiger partial charge is 0.467 e. The van der Waals surface area contributed by atoms with Crippen molar-refractivity contribution < 1.29 is 4.42 Å². The standard InChI is InChI=1S/C15H23N3O/c1-12(2)6-4-8-16-14(13-7-5-11-19-13)15-17-9-10-18(15)3/h5,7,9-12,14,16H,4,6,8H2,1-3H3. The van der Waals surface area contributed by atoms with Crippen LogP contribution in [0.5, 0.6) is 0 Å². The molecule has 0 bridgehead atoms. The van der Waals surface area contributed by atoms with Crippen LogP contribution in [0.15, 0.2) is 35.2 Å². The fraction of sp³-hybridized carbons (Fsp3) is 0.533. The minimum atomic E-state index is 0.0298. The van der Waals surface area contributed by atoms with Gasteiger partial charge in [-0.3, -0.25) is 0 Å². The van der Waals surface area contributed by atoms with Gasteiger partial charge in [-0.15, -0.1) is 0 Å². The van der Waals surface area contributed by atoms with E-state index in [1.807, 2.05) is 36.1 Å². The number of furan rings is 1. The summed E-state index contributed by atoms with van der Waals surface area (Å²) in [5.74, 6) is 2.65. The van der Waals surface area contributed by atoms with Crippen molar-refractivity contribution in [2.75, 3.05) is 6.54 Å². The number of nitrogens with one attached hydrogen (secondary N) is 1. The molecule has 1 atom stereocenters. The lowest BCUT2D eigenvalue weighted by molar-refractivity contribution is 0.419. The lowest BCUT2D eigenvalue weighted by Gasteiger charge is -2.17. The van der Waals surface area contributed by atoms with Crippen LogP contribution in [0, 0.1) is 5.92 Å². The molecule has 0 spiro atoms. The molecule has 2 aromatic heterocycles. The van der Waals surface area contributed by atoms with Gasteiger partial charge in [0.2, 0.25) is 0 Å². The Morgan fingerprint density at radius 3 is 2.84 bits per heavy atom. The summed E-state index contributed by atoms with van der Waals surface area (Å²) in [6.45, 7) is 5.47. The van der Waals surface area contributed by atoms with E-state index in [2.05, 4.69) is 24.1 Å². The molecule has 4 heteroatoms. The number of nitrogens with zero attached hydrogens (tertiary/aromatic N) is 2. The van der Waals surface area contributed by atoms with Gasteiger partial charge in [0.1, 0.15) is 17.6 Å². The summed E-state index contributed by atoms with van der Waals surface area (Å²) in [5.41, 5.74) is 0. The smallest absolute Gasteiger partial charge is 0.133 e. The molecule has 0 aliphatic heterocycles. The Bertz CT molecular complexity index is 473. The molecule has 0 amide bonds. The number of aryl methyl sites for hydroxylation is 1. The molecule has 1 N–H and O–H groups in total. The molecule has 0 saturated carbocycles. The topological polar surface area (TPSA) is 43.0 Å². The second-order valence-electron chi connectivity index (χ2n) is 5.33. The Balaban J connectivity index is 2.02. The van der Waals surface area contributed by atoms with Crippen molar-refractivity contribution in [3.63, 3.8) is 0 Å². The summed E-state index contributed by atoms with van der Waals surface area (Å²) in [4.78, 5) is 4.43. The predicted molar refractivity (Wildman–Crippen MR) is 75.8 cm³/mol. The van der Waals surface area contributed by atoms with Gasteiger partial charge >= 0.3 is 0 Å². The van der Waals surface area contributed by atoms with E-state index in [-0.39, 0.29) is 6.04 Å². The van der Waals surface area contributed by atoms with Crippen LogP contribution < -0.4 is 5.32 Å². The normalized spacial score (nSPS) is 13.1. The van der Waals surface area contributed by atoms with Crippen LogP contribution in [0.2, 0.25) is 0 Å². The van der Waals surface area contributed by atoms with Gasteiger partial charge in [0.15, 0.2) is 0 Å². The van der Waals surface area contributed by atoms with Gasteiger partial charge in [-0.05, 0) is 37.4 Å². The predicted octanol–water partition coefficient (Wildman–Crippen LogP) is 3.13. The number of rotatable bonds is 7. The van der Waals surface area contributed by atoms with E-state index >= 15 is 0 Å². The molecular weight excluding hydrogens is 238 g/mol. The van der Waals surface area contributed by atoms with Crippen LogP contribution in [0.1, 0.15) is 44.3 Å². The van der Waals surface area contributed by atoms with Crippen LogP contribution in [0.4, 0.5) is 0 Å². The van der Waals surface area contributed by atoms with Crippen LogP contribution >= 0.6 is 0 Å². The van der Waals surface area contributed by atoms with E-state index in [1.165, 1.54) is 12.8 Å². The molecule has 0 radical (unpaired) electrons. The molecule has 0 aliphatic rings. The van der Waals surface area contributed by atoms with Crippen LogP contribution in [-0.2, 0) is 7.05 Å². The molecule has 104 valence electrons. The Morgan fingerprint density at radius 2 is 2.26 bits per heavy atom. The van der Waals surface area contributed by atoms with Gasteiger partial charge < -0.3 is 14.3 Å². The summed E-state index contributed by atoms with van der Waals surface area (Å²) in [6.07, 6.45) is 7.89. The molecule has 1 unspecified atom stereocenters. The van der Waals surface area contributed by atoms with Crippen molar-refractivity contribution in [3.8, 4) is 0 Å². The number of imidazole rings is 1.